The van der Waals surface area contributed by atoms with Crippen molar-refractivity contribution in [2.24, 2.45) is 5.10 Å². The maximum absolute atomic E-state index is 11.6. The molecule has 0 fully saturated rings. The van der Waals surface area contributed by atoms with E-state index in [4.69, 9.17) is 4.42 Å². The smallest absolute Gasteiger partial charge is 0.244 e. The van der Waals surface area contributed by atoms with Crippen molar-refractivity contribution in [3.8, 4) is 0 Å². The third-order valence-electron chi connectivity index (χ3n) is 2.63. The first kappa shape index (κ1) is 13.1. The maximum atomic E-state index is 11.6. The van der Waals surface area contributed by atoms with Gasteiger partial charge in [-0.1, -0.05) is 29.8 Å². The van der Waals surface area contributed by atoms with E-state index in [2.05, 4.69) is 10.5 Å². The fraction of sp³-hybridized carbons (Fsp3) is 0.200. The van der Waals surface area contributed by atoms with Gasteiger partial charge >= 0.3 is 0 Å². The summed E-state index contributed by atoms with van der Waals surface area (Å²) < 4.78 is 5.30. The number of carbonyl (C=O) groups excluding carboxylic acids is 1. The average Bonchev–Trinajstić information content (AvgIpc) is 2.78. The van der Waals surface area contributed by atoms with Gasteiger partial charge in [0, 0.05) is 0 Å². The summed E-state index contributed by atoms with van der Waals surface area (Å²) in [6, 6.07) is 11.5. The summed E-state index contributed by atoms with van der Waals surface area (Å²) in [4.78, 5) is 11.6. The van der Waals surface area contributed by atoms with Crippen molar-refractivity contribution in [1.82, 2.24) is 5.43 Å². The van der Waals surface area contributed by atoms with Crippen LogP contribution in [0.2, 0.25) is 0 Å². The molecule has 0 bridgehead atoms. The molecule has 1 heterocycles. The molecular weight excluding hydrogens is 240 g/mol. The molecule has 4 heteroatoms. The molecule has 0 saturated carbocycles. The van der Waals surface area contributed by atoms with E-state index in [9.17, 15) is 4.79 Å². The SMILES string of the molecule is Cc1ccc(CC(=O)N/N=C\c2ccc(C)o2)cc1. The van der Waals surface area contributed by atoms with Gasteiger partial charge in [0.1, 0.15) is 11.5 Å². The molecule has 98 valence electrons. The molecule has 0 spiro atoms. The van der Waals surface area contributed by atoms with Gasteiger partial charge in [-0.15, -0.1) is 0 Å². The van der Waals surface area contributed by atoms with Crippen LogP contribution in [0.5, 0.6) is 0 Å². The fourth-order valence-electron chi connectivity index (χ4n) is 1.62. The summed E-state index contributed by atoms with van der Waals surface area (Å²) in [5.74, 6) is 1.28. The minimum absolute atomic E-state index is 0.150. The van der Waals surface area contributed by atoms with Gasteiger partial charge in [-0.2, -0.15) is 5.10 Å². The molecule has 0 aliphatic carbocycles. The molecule has 1 N–H and O–H groups in total. The van der Waals surface area contributed by atoms with Crippen LogP contribution in [-0.2, 0) is 11.2 Å². The Bertz CT molecular complexity index is 582. The summed E-state index contributed by atoms with van der Waals surface area (Å²) in [5, 5.41) is 3.85. The lowest BCUT2D eigenvalue weighted by atomic mass is 10.1. The Kier molecular flexibility index (Phi) is 4.13. The Morgan fingerprint density at radius 3 is 2.58 bits per heavy atom. The van der Waals surface area contributed by atoms with E-state index in [0.29, 0.717) is 12.2 Å². The third kappa shape index (κ3) is 4.10. The normalized spacial score (nSPS) is 10.8. The highest BCUT2D eigenvalue weighted by Crippen LogP contribution is 2.04. The number of hydrogen-bond acceptors (Lipinski definition) is 3. The summed E-state index contributed by atoms with van der Waals surface area (Å²) in [6.45, 7) is 3.87. The monoisotopic (exact) mass is 256 g/mol. The first-order valence-corrected chi connectivity index (χ1v) is 6.07. The van der Waals surface area contributed by atoms with E-state index >= 15 is 0 Å². The van der Waals surface area contributed by atoms with Crippen molar-refractivity contribution in [1.29, 1.82) is 0 Å². The van der Waals surface area contributed by atoms with E-state index in [1.165, 1.54) is 11.8 Å². The van der Waals surface area contributed by atoms with E-state index < -0.39 is 0 Å². The van der Waals surface area contributed by atoms with Crippen LogP contribution in [-0.4, -0.2) is 12.1 Å². The van der Waals surface area contributed by atoms with Crippen molar-refractivity contribution >= 4 is 12.1 Å². The quantitative estimate of drug-likeness (QED) is 0.675. The van der Waals surface area contributed by atoms with Gasteiger partial charge < -0.3 is 4.42 Å². The second-order valence-corrected chi connectivity index (χ2v) is 4.40. The molecule has 1 aromatic carbocycles. The molecule has 0 saturated heterocycles. The van der Waals surface area contributed by atoms with Crippen molar-refractivity contribution in [2.75, 3.05) is 0 Å². The van der Waals surface area contributed by atoms with E-state index in [1.54, 1.807) is 6.07 Å². The minimum atomic E-state index is -0.150. The Hall–Kier alpha value is -2.36. The molecule has 0 radical (unpaired) electrons. The van der Waals surface area contributed by atoms with Crippen LogP contribution in [0.25, 0.3) is 0 Å². The zero-order valence-corrected chi connectivity index (χ0v) is 11.0. The van der Waals surface area contributed by atoms with Crippen LogP contribution in [0.4, 0.5) is 0 Å². The summed E-state index contributed by atoms with van der Waals surface area (Å²) in [6.07, 6.45) is 1.80. The highest BCUT2D eigenvalue weighted by atomic mass is 16.3. The standard InChI is InChI=1S/C15H16N2O2/c1-11-3-6-13(7-4-11)9-15(18)17-16-10-14-8-5-12(2)19-14/h3-8,10H,9H2,1-2H3,(H,17,18)/b16-10-. The van der Waals surface area contributed by atoms with Gasteiger partial charge in [0.2, 0.25) is 5.91 Å². The zero-order chi connectivity index (χ0) is 13.7. The topological polar surface area (TPSA) is 54.6 Å². The van der Waals surface area contributed by atoms with Gasteiger partial charge in [0.05, 0.1) is 12.6 Å². The number of rotatable bonds is 4. The Morgan fingerprint density at radius 1 is 1.21 bits per heavy atom. The predicted octanol–water partition coefficient (Wildman–Crippen LogP) is 2.59. The lowest BCUT2D eigenvalue weighted by Crippen LogP contribution is -2.19. The Balaban J connectivity index is 1.84. The van der Waals surface area contributed by atoms with Crippen molar-refractivity contribution in [3.63, 3.8) is 0 Å². The number of hydrogen-bond donors (Lipinski definition) is 1. The van der Waals surface area contributed by atoms with Crippen LogP contribution in [0.15, 0.2) is 45.9 Å². The Morgan fingerprint density at radius 2 is 1.95 bits per heavy atom. The van der Waals surface area contributed by atoms with Crippen LogP contribution in [0, 0.1) is 13.8 Å². The molecule has 0 atom stereocenters. The zero-order valence-electron chi connectivity index (χ0n) is 11.0. The summed E-state index contributed by atoms with van der Waals surface area (Å²) in [5.41, 5.74) is 4.62. The second-order valence-electron chi connectivity index (χ2n) is 4.40. The third-order valence-corrected chi connectivity index (χ3v) is 2.63. The number of furan rings is 1. The molecule has 1 aromatic heterocycles. The van der Waals surface area contributed by atoms with Crippen molar-refractivity contribution in [3.05, 3.63) is 59.0 Å². The lowest BCUT2D eigenvalue weighted by Gasteiger charge is -2.00. The number of benzene rings is 1. The van der Waals surface area contributed by atoms with Crippen LogP contribution < -0.4 is 5.43 Å². The first-order valence-electron chi connectivity index (χ1n) is 6.07. The average molecular weight is 256 g/mol. The largest absolute Gasteiger partial charge is 0.460 e. The number of amides is 1. The van der Waals surface area contributed by atoms with Gasteiger partial charge in [0.15, 0.2) is 0 Å². The van der Waals surface area contributed by atoms with Crippen molar-refractivity contribution in [2.45, 2.75) is 20.3 Å². The maximum Gasteiger partial charge on any atom is 0.244 e. The molecular formula is C15H16N2O2. The lowest BCUT2D eigenvalue weighted by molar-refractivity contribution is -0.120. The molecule has 19 heavy (non-hydrogen) atoms. The van der Waals surface area contributed by atoms with Crippen LogP contribution >= 0.6 is 0 Å². The Labute approximate surface area is 112 Å². The molecule has 0 aliphatic heterocycles. The molecule has 2 rings (SSSR count). The fourth-order valence-corrected chi connectivity index (χ4v) is 1.62. The number of aryl methyl sites for hydroxylation is 2. The van der Waals surface area contributed by atoms with Gasteiger partial charge in [-0.3, -0.25) is 4.79 Å². The summed E-state index contributed by atoms with van der Waals surface area (Å²) >= 11 is 0. The highest BCUT2D eigenvalue weighted by Gasteiger charge is 2.01. The second kappa shape index (κ2) is 6.00. The van der Waals surface area contributed by atoms with Crippen LogP contribution in [0.1, 0.15) is 22.6 Å². The summed E-state index contributed by atoms with van der Waals surface area (Å²) in [7, 11) is 0. The molecule has 0 unspecified atom stereocenters. The van der Waals surface area contributed by atoms with E-state index in [-0.39, 0.29) is 5.91 Å². The molecule has 4 nitrogen and oxygen atoms in total. The van der Waals surface area contributed by atoms with Gasteiger partial charge in [-0.05, 0) is 31.5 Å². The minimum Gasteiger partial charge on any atom is -0.460 e. The van der Waals surface area contributed by atoms with E-state index in [0.717, 1.165) is 11.3 Å². The number of nitrogens with zero attached hydrogens (tertiary/aromatic N) is 1. The molecule has 0 aliphatic rings. The van der Waals surface area contributed by atoms with Crippen LogP contribution in [0.3, 0.4) is 0 Å². The predicted molar refractivity (Wildman–Crippen MR) is 74.1 cm³/mol. The van der Waals surface area contributed by atoms with Gasteiger partial charge in [-0.25, -0.2) is 5.43 Å². The first-order chi connectivity index (χ1) is 9.13. The van der Waals surface area contributed by atoms with Crippen molar-refractivity contribution < 1.29 is 9.21 Å². The van der Waals surface area contributed by atoms with Gasteiger partial charge in [0.25, 0.3) is 0 Å². The number of hydrazone groups is 1. The van der Waals surface area contributed by atoms with E-state index in [1.807, 2.05) is 44.2 Å². The highest BCUT2D eigenvalue weighted by molar-refractivity contribution is 5.81. The number of carbonyl (C=O) groups is 1. The number of nitrogens with one attached hydrogen (secondary N) is 1. The molecule has 1 amide bonds. The molecule has 2 aromatic rings.